The van der Waals surface area contributed by atoms with Crippen molar-refractivity contribution in [2.24, 2.45) is 0 Å². The second kappa shape index (κ2) is 3.09. The first-order valence-electron chi connectivity index (χ1n) is 3.38. The van der Waals surface area contributed by atoms with Crippen molar-refractivity contribution in [2.45, 2.75) is 13.3 Å². The van der Waals surface area contributed by atoms with Crippen LogP contribution in [0.2, 0.25) is 5.02 Å². The standard InChI is InChI=1S/C8H9ClFN/c1-2-5-3-6(10)4-7(9)8(5)11/h3-4H,2,11H2,1H3. The van der Waals surface area contributed by atoms with Gasteiger partial charge in [0.25, 0.3) is 0 Å². The third-order valence-electron chi connectivity index (χ3n) is 1.56. The minimum absolute atomic E-state index is 0.293. The average Bonchev–Trinajstić information content (AvgIpc) is 1.96. The smallest absolute Gasteiger partial charge is 0.125 e. The lowest BCUT2D eigenvalue weighted by molar-refractivity contribution is 0.626. The van der Waals surface area contributed by atoms with E-state index >= 15 is 0 Å². The van der Waals surface area contributed by atoms with Gasteiger partial charge in [0.05, 0.1) is 10.7 Å². The number of rotatable bonds is 1. The van der Waals surface area contributed by atoms with Crippen molar-refractivity contribution in [3.05, 3.63) is 28.5 Å². The molecule has 0 aliphatic rings. The molecule has 0 aliphatic carbocycles. The molecule has 0 unspecified atom stereocenters. The van der Waals surface area contributed by atoms with E-state index in [2.05, 4.69) is 0 Å². The van der Waals surface area contributed by atoms with Gasteiger partial charge in [0.1, 0.15) is 5.82 Å². The fourth-order valence-corrected chi connectivity index (χ4v) is 1.16. The van der Waals surface area contributed by atoms with Crippen LogP contribution in [0.25, 0.3) is 0 Å². The molecule has 0 atom stereocenters. The van der Waals surface area contributed by atoms with Gasteiger partial charge in [-0.15, -0.1) is 0 Å². The summed E-state index contributed by atoms with van der Waals surface area (Å²) < 4.78 is 12.7. The molecule has 1 aromatic carbocycles. The molecule has 1 nitrogen and oxygen atoms in total. The summed E-state index contributed by atoms with van der Waals surface area (Å²) in [5.74, 6) is -0.332. The highest BCUT2D eigenvalue weighted by Crippen LogP contribution is 2.24. The van der Waals surface area contributed by atoms with E-state index in [1.54, 1.807) is 0 Å². The van der Waals surface area contributed by atoms with Crippen LogP contribution in [0.3, 0.4) is 0 Å². The third-order valence-corrected chi connectivity index (χ3v) is 1.87. The van der Waals surface area contributed by atoms with Crippen LogP contribution in [0.15, 0.2) is 12.1 Å². The Labute approximate surface area is 70.0 Å². The normalized spacial score (nSPS) is 10.1. The molecule has 0 saturated heterocycles. The predicted molar refractivity (Wildman–Crippen MR) is 45.2 cm³/mol. The maximum atomic E-state index is 12.7. The maximum absolute atomic E-state index is 12.7. The molecule has 1 rings (SSSR count). The van der Waals surface area contributed by atoms with E-state index in [1.807, 2.05) is 6.92 Å². The summed E-state index contributed by atoms with van der Waals surface area (Å²) in [7, 11) is 0. The van der Waals surface area contributed by atoms with E-state index in [-0.39, 0.29) is 5.82 Å². The summed E-state index contributed by atoms with van der Waals surface area (Å²) in [5.41, 5.74) is 6.80. The molecule has 11 heavy (non-hydrogen) atoms. The van der Waals surface area contributed by atoms with Crippen LogP contribution in [-0.2, 0) is 6.42 Å². The van der Waals surface area contributed by atoms with Gasteiger partial charge in [-0.3, -0.25) is 0 Å². The Morgan fingerprint density at radius 2 is 2.18 bits per heavy atom. The lowest BCUT2D eigenvalue weighted by atomic mass is 10.1. The minimum atomic E-state index is -0.332. The Morgan fingerprint density at radius 1 is 1.55 bits per heavy atom. The highest BCUT2D eigenvalue weighted by atomic mass is 35.5. The van der Waals surface area contributed by atoms with E-state index in [0.29, 0.717) is 17.1 Å². The zero-order valence-electron chi connectivity index (χ0n) is 6.20. The largest absolute Gasteiger partial charge is 0.397 e. The number of hydrogen-bond donors (Lipinski definition) is 1. The number of nitrogens with two attached hydrogens (primary N) is 1. The summed E-state index contributed by atoms with van der Waals surface area (Å²) in [5, 5.41) is 0.293. The van der Waals surface area contributed by atoms with Crippen LogP contribution < -0.4 is 5.73 Å². The van der Waals surface area contributed by atoms with Crippen LogP contribution in [0.4, 0.5) is 10.1 Å². The van der Waals surface area contributed by atoms with Crippen LogP contribution in [0.1, 0.15) is 12.5 Å². The Hall–Kier alpha value is -0.760. The summed E-state index contributed by atoms with van der Waals surface area (Å²) in [4.78, 5) is 0. The van der Waals surface area contributed by atoms with E-state index in [1.165, 1.54) is 12.1 Å². The lowest BCUT2D eigenvalue weighted by Gasteiger charge is -2.04. The van der Waals surface area contributed by atoms with E-state index in [9.17, 15) is 4.39 Å². The molecule has 1 aromatic rings. The van der Waals surface area contributed by atoms with Crippen molar-refractivity contribution in [3.63, 3.8) is 0 Å². The molecule has 0 spiro atoms. The molecule has 0 aliphatic heterocycles. The maximum Gasteiger partial charge on any atom is 0.125 e. The van der Waals surface area contributed by atoms with Crippen molar-refractivity contribution in [2.75, 3.05) is 5.73 Å². The van der Waals surface area contributed by atoms with Gasteiger partial charge in [-0.1, -0.05) is 18.5 Å². The first kappa shape index (κ1) is 8.34. The first-order chi connectivity index (χ1) is 5.15. The molecule has 2 N–H and O–H groups in total. The molecule has 0 saturated carbocycles. The molecule has 60 valence electrons. The Bertz CT molecular complexity index is 273. The van der Waals surface area contributed by atoms with Gasteiger partial charge in [0.15, 0.2) is 0 Å². The Balaban J connectivity index is 3.24. The summed E-state index contributed by atoms with van der Waals surface area (Å²) >= 11 is 5.63. The van der Waals surface area contributed by atoms with E-state index in [4.69, 9.17) is 17.3 Å². The number of benzene rings is 1. The SMILES string of the molecule is CCc1cc(F)cc(Cl)c1N. The number of halogens is 2. The van der Waals surface area contributed by atoms with Crippen LogP contribution in [0, 0.1) is 5.82 Å². The van der Waals surface area contributed by atoms with Gasteiger partial charge in [-0.05, 0) is 24.1 Å². The molecular weight excluding hydrogens is 165 g/mol. The summed E-state index contributed by atoms with van der Waals surface area (Å²) in [6, 6.07) is 2.62. The minimum Gasteiger partial charge on any atom is -0.397 e. The quantitative estimate of drug-likeness (QED) is 0.650. The molecule has 0 aromatic heterocycles. The van der Waals surface area contributed by atoms with Crippen molar-refractivity contribution >= 4 is 17.3 Å². The zero-order valence-corrected chi connectivity index (χ0v) is 6.95. The van der Waals surface area contributed by atoms with Gasteiger partial charge < -0.3 is 5.73 Å². The predicted octanol–water partition coefficient (Wildman–Crippen LogP) is 2.62. The topological polar surface area (TPSA) is 26.0 Å². The highest BCUT2D eigenvalue weighted by molar-refractivity contribution is 6.33. The van der Waals surface area contributed by atoms with E-state index < -0.39 is 0 Å². The number of anilines is 1. The van der Waals surface area contributed by atoms with Gasteiger partial charge >= 0.3 is 0 Å². The van der Waals surface area contributed by atoms with Crippen molar-refractivity contribution in [1.29, 1.82) is 0 Å². The van der Waals surface area contributed by atoms with Crippen LogP contribution in [-0.4, -0.2) is 0 Å². The van der Waals surface area contributed by atoms with Crippen molar-refractivity contribution in [1.82, 2.24) is 0 Å². The Morgan fingerprint density at radius 3 is 2.73 bits per heavy atom. The average molecular weight is 174 g/mol. The van der Waals surface area contributed by atoms with Crippen LogP contribution in [0.5, 0.6) is 0 Å². The van der Waals surface area contributed by atoms with Gasteiger partial charge in [-0.25, -0.2) is 4.39 Å². The summed E-state index contributed by atoms with van der Waals surface area (Å²) in [6.45, 7) is 1.90. The van der Waals surface area contributed by atoms with Gasteiger partial charge in [0, 0.05) is 0 Å². The number of hydrogen-bond acceptors (Lipinski definition) is 1. The first-order valence-corrected chi connectivity index (χ1v) is 3.76. The number of nitrogen functional groups attached to an aromatic ring is 1. The van der Waals surface area contributed by atoms with Crippen molar-refractivity contribution < 1.29 is 4.39 Å². The Kier molecular flexibility index (Phi) is 2.35. The van der Waals surface area contributed by atoms with Gasteiger partial charge in [0.2, 0.25) is 0 Å². The lowest BCUT2D eigenvalue weighted by Crippen LogP contribution is -1.94. The molecule has 0 heterocycles. The second-order valence-corrected chi connectivity index (χ2v) is 2.72. The highest BCUT2D eigenvalue weighted by Gasteiger charge is 2.03. The number of aryl methyl sites for hydroxylation is 1. The fourth-order valence-electron chi connectivity index (χ4n) is 0.931. The molecule has 0 radical (unpaired) electrons. The molecule has 3 heteroatoms. The van der Waals surface area contributed by atoms with E-state index in [0.717, 1.165) is 5.56 Å². The molecular formula is C8H9ClFN. The molecule has 0 amide bonds. The second-order valence-electron chi connectivity index (χ2n) is 2.31. The summed E-state index contributed by atoms with van der Waals surface area (Å²) in [6.07, 6.45) is 0.698. The van der Waals surface area contributed by atoms with Crippen molar-refractivity contribution in [3.8, 4) is 0 Å². The van der Waals surface area contributed by atoms with Crippen LogP contribution >= 0.6 is 11.6 Å². The third kappa shape index (κ3) is 1.63. The molecule has 0 bridgehead atoms. The van der Waals surface area contributed by atoms with Gasteiger partial charge in [-0.2, -0.15) is 0 Å². The monoisotopic (exact) mass is 173 g/mol. The fraction of sp³-hybridized carbons (Fsp3) is 0.250. The zero-order chi connectivity index (χ0) is 8.43. The molecule has 0 fully saturated rings.